The lowest BCUT2D eigenvalue weighted by Gasteiger charge is -2.37. The summed E-state index contributed by atoms with van der Waals surface area (Å²) in [5.74, 6) is 1.73. The van der Waals surface area contributed by atoms with Crippen molar-refractivity contribution in [2.45, 2.75) is 38.8 Å². The molecule has 3 amide bonds. The second-order valence-electron chi connectivity index (χ2n) is 7.46. The van der Waals surface area contributed by atoms with Crippen LogP contribution >= 0.6 is 0 Å². The number of nitrogens with one attached hydrogen (secondary N) is 2. The van der Waals surface area contributed by atoms with Gasteiger partial charge < -0.3 is 14.8 Å². The van der Waals surface area contributed by atoms with Gasteiger partial charge in [0, 0.05) is 19.6 Å². The molecule has 0 bridgehead atoms. The molecule has 0 saturated carbocycles. The molecule has 2 saturated heterocycles. The molecule has 2 heterocycles. The average molecular weight is 361 g/mol. The van der Waals surface area contributed by atoms with E-state index in [1.54, 1.807) is 7.11 Å². The van der Waals surface area contributed by atoms with Gasteiger partial charge in [0.05, 0.1) is 13.7 Å². The second kappa shape index (κ2) is 7.53. The first-order valence-corrected chi connectivity index (χ1v) is 9.07. The molecule has 2 aliphatic rings. The van der Waals surface area contributed by atoms with Gasteiger partial charge >= 0.3 is 6.03 Å². The minimum absolute atomic E-state index is 0.198. The van der Waals surface area contributed by atoms with E-state index in [1.165, 1.54) is 0 Å². The smallest absolute Gasteiger partial charge is 0.322 e. The SMILES string of the molecule is COc1ccc(CN2CCC3(CC2)NC(=O)NC3=O)cc1OCC(C)C. The molecule has 1 aromatic carbocycles. The zero-order chi connectivity index (χ0) is 18.7. The van der Waals surface area contributed by atoms with E-state index in [4.69, 9.17) is 9.47 Å². The Hall–Kier alpha value is -2.28. The van der Waals surface area contributed by atoms with Crippen molar-refractivity contribution in [3.05, 3.63) is 23.8 Å². The number of rotatable bonds is 6. The number of methoxy groups -OCH3 is 1. The first-order chi connectivity index (χ1) is 12.4. The normalized spacial score (nSPS) is 19.5. The van der Waals surface area contributed by atoms with E-state index < -0.39 is 5.54 Å². The molecule has 3 rings (SSSR count). The van der Waals surface area contributed by atoms with Gasteiger partial charge in [-0.3, -0.25) is 15.0 Å². The number of hydrogen-bond acceptors (Lipinski definition) is 5. The number of piperidine rings is 1. The van der Waals surface area contributed by atoms with Gasteiger partial charge in [-0.05, 0) is 36.5 Å². The van der Waals surface area contributed by atoms with Crippen molar-refractivity contribution in [2.24, 2.45) is 5.92 Å². The van der Waals surface area contributed by atoms with Crippen molar-refractivity contribution in [1.29, 1.82) is 0 Å². The summed E-state index contributed by atoms with van der Waals surface area (Å²) >= 11 is 0. The number of ether oxygens (including phenoxy) is 2. The van der Waals surface area contributed by atoms with Crippen LogP contribution in [0.25, 0.3) is 0 Å². The Kier molecular flexibility index (Phi) is 5.36. The molecule has 0 unspecified atom stereocenters. The van der Waals surface area contributed by atoms with Gasteiger partial charge in [0.2, 0.25) is 0 Å². The molecule has 0 aromatic heterocycles. The zero-order valence-corrected chi connectivity index (χ0v) is 15.6. The van der Waals surface area contributed by atoms with Gasteiger partial charge in [0.15, 0.2) is 11.5 Å². The van der Waals surface area contributed by atoms with Crippen molar-refractivity contribution in [2.75, 3.05) is 26.8 Å². The molecular formula is C19H27N3O4. The highest BCUT2D eigenvalue weighted by Crippen LogP contribution is 2.30. The van der Waals surface area contributed by atoms with Crippen LogP contribution in [0.5, 0.6) is 11.5 Å². The van der Waals surface area contributed by atoms with Crippen molar-refractivity contribution >= 4 is 11.9 Å². The molecular weight excluding hydrogens is 334 g/mol. The molecule has 0 atom stereocenters. The fraction of sp³-hybridized carbons (Fsp3) is 0.579. The van der Waals surface area contributed by atoms with E-state index in [0.29, 0.717) is 25.4 Å². The summed E-state index contributed by atoms with van der Waals surface area (Å²) in [6.45, 7) is 7.13. The summed E-state index contributed by atoms with van der Waals surface area (Å²) in [6, 6.07) is 5.61. The maximum atomic E-state index is 12.0. The van der Waals surface area contributed by atoms with Crippen LogP contribution in [0, 0.1) is 5.92 Å². The quantitative estimate of drug-likeness (QED) is 0.757. The maximum Gasteiger partial charge on any atom is 0.322 e. The molecule has 2 aliphatic heterocycles. The van der Waals surface area contributed by atoms with Crippen LogP contribution in [0.4, 0.5) is 4.79 Å². The molecule has 0 radical (unpaired) electrons. The van der Waals surface area contributed by atoms with Crippen molar-refractivity contribution in [1.82, 2.24) is 15.5 Å². The van der Waals surface area contributed by atoms with Crippen LogP contribution in [-0.2, 0) is 11.3 Å². The molecule has 1 spiro atoms. The first kappa shape index (κ1) is 18.5. The monoisotopic (exact) mass is 361 g/mol. The van der Waals surface area contributed by atoms with E-state index in [-0.39, 0.29) is 11.9 Å². The predicted octanol–water partition coefficient (Wildman–Crippen LogP) is 1.90. The minimum Gasteiger partial charge on any atom is -0.493 e. The number of nitrogens with zero attached hydrogens (tertiary/aromatic N) is 1. The van der Waals surface area contributed by atoms with Gasteiger partial charge in [-0.25, -0.2) is 4.79 Å². The molecule has 2 N–H and O–H groups in total. The Balaban J connectivity index is 1.62. The lowest BCUT2D eigenvalue weighted by Crippen LogP contribution is -2.54. The highest BCUT2D eigenvalue weighted by atomic mass is 16.5. The third-order valence-corrected chi connectivity index (χ3v) is 4.93. The number of carbonyl (C=O) groups is 2. The highest BCUT2D eigenvalue weighted by Gasteiger charge is 2.47. The zero-order valence-electron chi connectivity index (χ0n) is 15.6. The first-order valence-electron chi connectivity index (χ1n) is 9.07. The lowest BCUT2D eigenvalue weighted by atomic mass is 9.87. The standard InChI is InChI=1S/C19H27N3O4/c1-13(2)12-26-16-10-14(4-5-15(16)25-3)11-22-8-6-19(7-9-22)17(23)20-18(24)21-19/h4-5,10,13H,6-9,11-12H2,1-3H3,(H2,20,21,23,24). The van der Waals surface area contributed by atoms with Crippen molar-refractivity contribution in [3.8, 4) is 11.5 Å². The summed E-state index contributed by atoms with van der Waals surface area (Å²) in [4.78, 5) is 25.7. The molecule has 0 aliphatic carbocycles. The number of imide groups is 1. The van der Waals surface area contributed by atoms with Gasteiger partial charge in [-0.2, -0.15) is 0 Å². The van der Waals surface area contributed by atoms with Crippen LogP contribution in [-0.4, -0.2) is 49.2 Å². The Morgan fingerprint density at radius 3 is 2.50 bits per heavy atom. The second-order valence-corrected chi connectivity index (χ2v) is 7.46. The summed E-state index contributed by atoms with van der Waals surface area (Å²) in [5, 5.41) is 5.14. The fourth-order valence-electron chi connectivity index (χ4n) is 3.42. The Morgan fingerprint density at radius 1 is 1.19 bits per heavy atom. The number of benzene rings is 1. The van der Waals surface area contributed by atoms with E-state index in [9.17, 15) is 9.59 Å². The minimum atomic E-state index is -0.723. The highest BCUT2D eigenvalue weighted by molar-refractivity contribution is 6.07. The Labute approximate surface area is 154 Å². The van der Waals surface area contributed by atoms with Crippen LogP contribution in [0.15, 0.2) is 18.2 Å². The summed E-state index contributed by atoms with van der Waals surface area (Å²) < 4.78 is 11.3. The third kappa shape index (κ3) is 3.93. The average Bonchev–Trinajstić information content (AvgIpc) is 2.88. The summed E-state index contributed by atoms with van der Waals surface area (Å²) in [6.07, 6.45) is 1.24. The van der Waals surface area contributed by atoms with Crippen molar-refractivity contribution in [3.63, 3.8) is 0 Å². The van der Waals surface area contributed by atoms with Crippen LogP contribution in [0.1, 0.15) is 32.3 Å². The molecule has 2 fully saturated rings. The largest absolute Gasteiger partial charge is 0.493 e. The molecule has 26 heavy (non-hydrogen) atoms. The topological polar surface area (TPSA) is 79.9 Å². The Bertz CT molecular complexity index is 681. The van der Waals surface area contributed by atoms with Gasteiger partial charge in [0.25, 0.3) is 5.91 Å². The number of carbonyl (C=O) groups excluding carboxylic acids is 2. The summed E-state index contributed by atoms with van der Waals surface area (Å²) in [7, 11) is 1.64. The number of hydrogen-bond donors (Lipinski definition) is 2. The third-order valence-electron chi connectivity index (χ3n) is 4.93. The number of urea groups is 1. The molecule has 1 aromatic rings. The van der Waals surface area contributed by atoms with E-state index >= 15 is 0 Å². The number of amides is 3. The fourth-order valence-corrected chi connectivity index (χ4v) is 3.42. The van der Waals surface area contributed by atoms with E-state index in [0.717, 1.165) is 36.7 Å². The number of likely N-dealkylation sites (tertiary alicyclic amines) is 1. The Morgan fingerprint density at radius 2 is 1.92 bits per heavy atom. The van der Waals surface area contributed by atoms with Crippen LogP contribution in [0.3, 0.4) is 0 Å². The van der Waals surface area contributed by atoms with Gasteiger partial charge in [-0.15, -0.1) is 0 Å². The predicted molar refractivity (Wildman–Crippen MR) is 97.2 cm³/mol. The molecule has 7 nitrogen and oxygen atoms in total. The van der Waals surface area contributed by atoms with Crippen LogP contribution in [0.2, 0.25) is 0 Å². The summed E-state index contributed by atoms with van der Waals surface area (Å²) in [5.41, 5.74) is 0.416. The van der Waals surface area contributed by atoms with E-state index in [2.05, 4.69) is 29.4 Å². The molecule has 7 heteroatoms. The van der Waals surface area contributed by atoms with Crippen molar-refractivity contribution < 1.29 is 19.1 Å². The maximum absolute atomic E-state index is 12.0. The van der Waals surface area contributed by atoms with Gasteiger partial charge in [0.1, 0.15) is 5.54 Å². The van der Waals surface area contributed by atoms with E-state index in [1.807, 2.05) is 18.2 Å². The lowest BCUT2D eigenvalue weighted by molar-refractivity contribution is -0.125. The van der Waals surface area contributed by atoms with Crippen LogP contribution < -0.4 is 20.1 Å². The van der Waals surface area contributed by atoms with Gasteiger partial charge in [-0.1, -0.05) is 19.9 Å². The molecule has 142 valence electrons.